The van der Waals surface area contributed by atoms with E-state index in [1.807, 2.05) is 23.7 Å². The molecule has 2 atom stereocenters. The highest BCUT2D eigenvalue weighted by molar-refractivity contribution is 7.98. The van der Waals surface area contributed by atoms with Gasteiger partial charge in [-0.25, -0.2) is 0 Å². The van der Waals surface area contributed by atoms with Gasteiger partial charge in [0, 0.05) is 32.1 Å². The van der Waals surface area contributed by atoms with Crippen LogP contribution in [0.1, 0.15) is 19.8 Å². The molecule has 1 amide bonds. The number of carbonyl (C=O) groups is 1. The third kappa shape index (κ3) is 5.27. The Kier molecular flexibility index (Phi) is 6.92. The van der Waals surface area contributed by atoms with Crippen LogP contribution >= 0.6 is 11.8 Å². The highest BCUT2D eigenvalue weighted by Crippen LogP contribution is 2.09. The molecule has 1 saturated heterocycles. The molecule has 0 bridgehead atoms. The molecule has 0 aromatic heterocycles. The van der Waals surface area contributed by atoms with Crippen LogP contribution in [0.25, 0.3) is 0 Å². The van der Waals surface area contributed by atoms with Gasteiger partial charge in [0.15, 0.2) is 0 Å². The second-order valence-corrected chi connectivity index (χ2v) is 5.55. The first-order valence-electron chi connectivity index (χ1n) is 6.21. The van der Waals surface area contributed by atoms with Gasteiger partial charge in [0.1, 0.15) is 0 Å². The summed E-state index contributed by atoms with van der Waals surface area (Å²) in [6.45, 7) is 4.37. The molecule has 1 aliphatic heterocycles. The average Bonchev–Trinajstić information content (AvgIpc) is 2.36. The number of ether oxygens (including phenoxy) is 1. The van der Waals surface area contributed by atoms with Gasteiger partial charge in [-0.05, 0) is 25.4 Å². The summed E-state index contributed by atoms with van der Waals surface area (Å²) in [7, 11) is 1.90. The zero-order valence-electron chi connectivity index (χ0n) is 11.1. The van der Waals surface area contributed by atoms with Crippen LogP contribution in [0.2, 0.25) is 0 Å². The topological polar surface area (TPSA) is 41.6 Å². The monoisotopic (exact) mass is 260 g/mol. The van der Waals surface area contributed by atoms with E-state index >= 15 is 0 Å². The highest BCUT2D eigenvalue weighted by atomic mass is 32.2. The predicted molar refractivity (Wildman–Crippen MR) is 72.5 cm³/mol. The maximum Gasteiger partial charge on any atom is 0.224 e. The summed E-state index contributed by atoms with van der Waals surface area (Å²) >= 11 is 1.82. The summed E-state index contributed by atoms with van der Waals surface area (Å²) in [6, 6.07) is 0.505. The van der Waals surface area contributed by atoms with Crippen molar-refractivity contribution in [3.05, 3.63) is 0 Å². The smallest absolute Gasteiger partial charge is 0.224 e. The third-order valence-electron chi connectivity index (χ3n) is 3.21. The van der Waals surface area contributed by atoms with E-state index in [0.717, 1.165) is 25.3 Å². The summed E-state index contributed by atoms with van der Waals surface area (Å²) in [6.07, 6.45) is 3.69. The van der Waals surface area contributed by atoms with E-state index in [9.17, 15) is 4.79 Å². The molecule has 100 valence electrons. The molecule has 0 saturated carbocycles. The van der Waals surface area contributed by atoms with Crippen LogP contribution in [0.3, 0.4) is 0 Å². The number of hydrogen-bond acceptors (Lipinski definition) is 4. The molecule has 0 aromatic carbocycles. The first-order chi connectivity index (χ1) is 8.15. The molecular weight excluding hydrogens is 236 g/mol. The molecule has 1 aliphatic rings. The van der Waals surface area contributed by atoms with Gasteiger partial charge < -0.3 is 15.0 Å². The number of rotatable bonds is 6. The Labute approximate surface area is 108 Å². The minimum absolute atomic E-state index is 0.187. The van der Waals surface area contributed by atoms with Crippen LogP contribution in [0.15, 0.2) is 0 Å². The molecule has 1 rings (SSSR count). The number of carbonyl (C=O) groups excluding carboxylic acids is 1. The van der Waals surface area contributed by atoms with E-state index in [2.05, 4.69) is 18.5 Å². The molecule has 1 fully saturated rings. The number of amides is 1. The summed E-state index contributed by atoms with van der Waals surface area (Å²) in [4.78, 5) is 13.9. The van der Waals surface area contributed by atoms with Gasteiger partial charge in [-0.2, -0.15) is 11.8 Å². The van der Waals surface area contributed by atoms with Crippen molar-refractivity contribution in [2.24, 2.45) is 0 Å². The van der Waals surface area contributed by atoms with E-state index in [0.29, 0.717) is 19.1 Å². The fourth-order valence-corrected chi connectivity index (χ4v) is 2.41. The van der Waals surface area contributed by atoms with Crippen LogP contribution in [0, 0.1) is 0 Å². The quantitative estimate of drug-likeness (QED) is 0.772. The van der Waals surface area contributed by atoms with Crippen molar-refractivity contribution in [2.45, 2.75) is 31.8 Å². The zero-order chi connectivity index (χ0) is 12.7. The van der Waals surface area contributed by atoms with Crippen LogP contribution in [0.5, 0.6) is 0 Å². The summed E-state index contributed by atoms with van der Waals surface area (Å²) in [5.74, 6) is 1.31. The lowest BCUT2D eigenvalue weighted by Crippen LogP contribution is -2.46. The second-order valence-electron chi connectivity index (χ2n) is 4.57. The first-order valence-corrected chi connectivity index (χ1v) is 7.60. The predicted octanol–water partition coefficient (Wildman–Crippen LogP) is 0.965. The lowest BCUT2D eigenvalue weighted by Gasteiger charge is -2.29. The fourth-order valence-electron chi connectivity index (χ4n) is 1.83. The van der Waals surface area contributed by atoms with Crippen molar-refractivity contribution < 1.29 is 9.53 Å². The Morgan fingerprint density at radius 2 is 2.41 bits per heavy atom. The maximum atomic E-state index is 12.0. The average molecular weight is 260 g/mol. The molecule has 1 heterocycles. The molecule has 0 aliphatic carbocycles. The molecule has 0 radical (unpaired) electrons. The second kappa shape index (κ2) is 7.95. The largest absolute Gasteiger partial charge is 0.378 e. The Bertz CT molecular complexity index is 233. The van der Waals surface area contributed by atoms with Crippen molar-refractivity contribution in [3.63, 3.8) is 0 Å². The highest BCUT2D eigenvalue weighted by Gasteiger charge is 2.21. The molecule has 2 unspecified atom stereocenters. The lowest BCUT2D eigenvalue weighted by atomic mass is 10.1. The van der Waals surface area contributed by atoms with Crippen molar-refractivity contribution in [2.75, 3.05) is 38.8 Å². The van der Waals surface area contributed by atoms with Gasteiger partial charge in [0.25, 0.3) is 0 Å². The van der Waals surface area contributed by atoms with E-state index in [4.69, 9.17) is 4.74 Å². The molecule has 1 N–H and O–H groups in total. The van der Waals surface area contributed by atoms with Crippen molar-refractivity contribution >= 4 is 17.7 Å². The zero-order valence-corrected chi connectivity index (χ0v) is 11.9. The van der Waals surface area contributed by atoms with Crippen LogP contribution in [0.4, 0.5) is 0 Å². The van der Waals surface area contributed by atoms with E-state index < -0.39 is 0 Å². The molecule has 0 spiro atoms. The summed E-state index contributed by atoms with van der Waals surface area (Å²) in [5, 5.41) is 3.31. The van der Waals surface area contributed by atoms with E-state index in [-0.39, 0.29) is 11.9 Å². The van der Waals surface area contributed by atoms with Gasteiger partial charge in [0.2, 0.25) is 5.91 Å². The number of thioether (sulfide) groups is 1. The molecule has 5 heteroatoms. The fraction of sp³-hybridized carbons (Fsp3) is 0.917. The minimum Gasteiger partial charge on any atom is -0.378 e. The van der Waals surface area contributed by atoms with Gasteiger partial charge in [-0.1, -0.05) is 0 Å². The Hall–Kier alpha value is -0.260. The van der Waals surface area contributed by atoms with Gasteiger partial charge in [-0.15, -0.1) is 0 Å². The summed E-state index contributed by atoms with van der Waals surface area (Å²) < 4.78 is 5.35. The number of nitrogens with one attached hydrogen (secondary N) is 1. The Morgan fingerprint density at radius 1 is 1.65 bits per heavy atom. The SMILES string of the molecule is CSCCC(C)N(C)C(=O)CC1COCCN1. The molecule has 0 aromatic rings. The van der Waals surface area contributed by atoms with Gasteiger partial charge in [0.05, 0.1) is 13.2 Å². The minimum atomic E-state index is 0.187. The van der Waals surface area contributed by atoms with Gasteiger partial charge >= 0.3 is 0 Å². The Balaban J connectivity index is 2.29. The van der Waals surface area contributed by atoms with Crippen molar-refractivity contribution in [3.8, 4) is 0 Å². The van der Waals surface area contributed by atoms with Crippen LogP contribution < -0.4 is 5.32 Å². The Morgan fingerprint density at radius 3 is 3.00 bits per heavy atom. The standard InChI is InChI=1S/C12H24N2O2S/c1-10(4-7-17-3)14(2)12(15)8-11-9-16-6-5-13-11/h10-11,13H,4-9H2,1-3H3. The number of nitrogens with zero attached hydrogens (tertiary/aromatic N) is 1. The van der Waals surface area contributed by atoms with E-state index in [1.54, 1.807) is 0 Å². The number of morpholine rings is 1. The van der Waals surface area contributed by atoms with Crippen LogP contribution in [-0.2, 0) is 9.53 Å². The third-order valence-corrected chi connectivity index (χ3v) is 3.86. The van der Waals surface area contributed by atoms with Gasteiger partial charge in [-0.3, -0.25) is 4.79 Å². The van der Waals surface area contributed by atoms with Crippen molar-refractivity contribution in [1.29, 1.82) is 0 Å². The van der Waals surface area contributed by atoms with Crippen LogP contribution in [-0.4, -0.2) is 61.7 Å². The molecular formula is C12H24N2O2S. The maximum absolute atomic E-state index is 12.0. The van der Waals surface area contributed by atoms with Crippen molar-refractivity contribution in [1.82, 2.24) is 10.2 Å². The first kappa shape index (κ1) is 14.8. The lowest BCUT2D eigenvalue weighted by molar-refractivity contribution is -0.132. The molecule has 4 nitrogen and oxygen atoms in total. The number of hydrogen-bond donors (Lipinski definition) is 1. The normalized spacial score (nSPS) is 22.2. The van der Waals surface area contributed by atoms with E-state index in [1.165, 1.54) is 0 Å². The summed E-state index contributed by atoms with van der Waals surface area (Å²) in [5.41, 5.74) is 0. The molecule has 17 heavy (non-hydrogen) atoms.